The fourth-order valence-electron chi connectivity index (χ4n) is 11.1. The fraction of sp³-hybridized carbons (Fsp3) is 0.164. The Morgan fingerprint density at radius 3 is 1.82 bits per heavy atom. The van der Waals surface area contributed by atoms with Crippen molar-refractivity contribution < 1.29 is 0 Å². The molecule has 0 amide bonds. The maximum absolute atomic E-state index is 2.58. The van der Waals surface area contributed by atoms with Gasteiger partial charge in [0.15, 0.2) is 0 Å². The molecule has 56 heavy (non-hydrogen) atoms. The Labute approximate surface area is 330 Å². The van der Waals surface area contributed by atoms with Crippen LogP contribution in [-0.4, -0.2) is 0 Å². The molecule has 0 heterocycles. The highest BCUT2D eigenvalue weighted by atomic mass is 15.1. The second-order valence-electron chi connectivity index (χ2n) is 16.5. The topological polar surface area (TPSA) is 3.24 Å². The van der Waals surface area contributed by atoms with Gasteiger partial charge in [-0.3, -0.25) is 0 Å². The molecular weight excluding hydrogens is 675 g/mol. The van der Waals surface area contributed by atoms with Crippen molar-refractivity contribution in [1.29, 1.82) is 0 Å². The summed E-state index contributed by atoms with van der Waals surface area (Å²) in [5.41, 5.74) is 16.2. The van der Waals surface area contributed by atoms with Gasteiger partial charge in [0.1, 0.15) is 0 Å². The SMILES string of the molecule is Cc1ccccc1-c1cc2ccccc2cc1N(c1cccc(C2CC3CCC2C3)c1)c1ccc2c(c1)C(c1ccccc1)(c1ccccc1)c1ccccc1-2. The Morgan fingerprint density at radius 2 is 1.11 bits per heavy atom. The molecule has 11 rings (SSSR count). The van der Waals surface area contributed by atoms with Gasteiger partial charge in [-0.15, -0.1) is 0 Å². The van der Waals surface area contributed by atoms with Crippen LogP contribution in [0.4, 0.5) is 17.1 Å². The molecule has 270 valence electrons. The second kappa shape index (κ2) is 13.2. The van der Waals surface area contributed by atoms with E-state index in [1.165, 1.54) is 109 Å². The molecule has 3 unspecified atom stereocenters. The van der Waals surface area contributed by atoms with Crippen LogP contribution in [0.25, 0.3) is 33.0 Å². The number of fused-ring (bicyclic) bond motifs is 6. The summed E-state index contributed by atoms with van der Waals surface area (Å²) in [6, 6.07) is 70.9. The molecule has 0 saturated heterocycles. The summed E-state index contributed by atoms with van der Waals surface area (Å²) in [4.78, 5) is 2.58. The first kappa shape index (κ1) is 33.2. The minimum absolute atomic E-state index is 0.483. The largest absolute Gasteiger partial charge is 0.310 e. The highest BCUT2D eigenvalue weighted by Gasteiger charge is 2.46. The monoisotopic (exact) mass is 719 g/mol. The number of rotatable bonds is 7. The van der Waals surface area contributed by atoms with E-state index in [0.717, 1.165) is 11.8 Å². The number of hydrogen-bond acceptors (Lipinski definition) is 1. The number of anilines is 3. The molecule has 0 spiro atoms. The first-order valence-corrected chi connectivity index (χ1v) is 20.5. The summed E-state index contributed by atoms with van der Waals surface area (Å²) in [7, 11) is 0. The lowest BCUT2D eigenvalue weighted by Crippen LogP contribution is -2.28. The van der Waals surface area contributed by atoms with Gasteiger partial charge in [0, 0.05) is 16.9 Å². The average Bonchev–Trinajstić information content (AvgIpc) is 3.98. The van der Waals surface area contributed by atoms with E-state index in [-0.39, 0.29) is 0 Å². The quantitative estimate of drug-likeness (QED) is 0.159. The van der Waals surface area contributed by atoms with Gasteiger partial charge in [0.2, 0.25) is 0 Å². The molecule has 2 saturated carbocycles. The lowest BCUT2D eigenvalue weighted by Gasteiger charge is -2.35. The summed E-state index contributed by atoms with van der Waals surface area (Å²) in [5.74, 6) is 2.34. The van der Waals surface area contributed by atoms with Gasteiger partial charge in [0.05, 0.1) is 11.1 Å². The molecule has 0 N–H and O–H groups in total. The maximum atomic E-state index is 2.58. The number of aryl methyl sites for hydroxylation is 1. The van der Waals surface area contributed by atoms with E-state index < -0.39 is 5.41 Å². The minimum atomic E-state index is -0.483. The van der Waals surface area contributed by atoms with E-state index in [4.69, 9.17) is 0 Å². The predicted octanol–water partition coefficient (Wildman–Crippen LogP) is 14.6. The van der Waals surface area contributed by atoms with Crippen molar-refractivity contribution in [3.8, 4) is 22.3 Å². The zero-order valence-corrected chi connectivity index (χ0v) is 31.9. The van der Waals surface area contributed by atoms with Gasteiger partial charge < -0.3 is 4.90 Å². The van der Waals surface area contributed by atoms with Crippen LogP contribution in [0.3, 0.4) is 0 Å². The molecule has 2 bridgehead atoms. The van der Waals surface area contributed by atoms with E-state index in [0.29, 0.717) is 5.92 Å². The van der Waals surface area contributed by atoms with Gasteiger partial charge in [-0.05, 0) is 141 Å². The Hall–Kier alpha value is -6.18. The van der Waals surface area contributed by atoms with Crippen molar-refractivity contribution in [1.82, 2.24) is 0 Å². The van der Waals surface area contributed by atoms with Crippen molar-refractivity contribution >= 4 is 27.8 Å². The first-order valence-electron chi connectivity index (χ1n) is 20.5. The number of benzene rings is 8. The smallest absolute Gasteiger partial charge is 0.0714 e. The summed E-state index contributed by atoms with van der Waals surface area (Å²) in [6.07, 6.45) is 5.50. The highest BCUT2D eigenvalue weighted by molar-refractivity contribution is 5.99. The van der Waals surface area contributed by atoms with Gasteiger partial charge >= 0.3 is 0 Å². The van der Waals surface area contributed by atoms with Gasteiger partial charge in [-0.1, -0.05) is 158 Å². The summed E-state index contributed by atoms with van der Waals surface area (Å²) in [6.45, 7) is 2.25. The average molecular weight is 720 g/mol. The van der Waals surface area contributed by atoms with Crippen molar-refractivity contribution in [3.05, 3.63) is 221 Å². The molecule has 2 fully saturated rings. The Kier molecular flexibility index (Phi) is 7.85. The Bertz CT molecular complexity index is 2700. The van der Waals surface area contributed by atoms with Crippen LogP contribution >= 0.6 is 0 Å². The Morgan fingerprint density at radius 1 is 0.464 bits per heavy atom. The molecule has 1 heteroatoms. The summed E-state index contributed by atoms with van der Waals surface area (Å²) >= 11 is 0. The van der Waals surface area contributed by atoms with Crippen LogP contribution in [0.2, 0.25) is 0 Å². The zero-order valence-electron chi connectivity index (χ0n) is 31.9. The van der Waals surface area contributed by atoms with Crippen LogP contribution in [0.1, 0.15) is 65.0 Å². The summed E-state index contributed by atoms with van der Waals surface area (Å²) in [5, 5.41) is 2.49. The third-order valence-corrected chi connectivity index (χ3v) is 13.5. The standard InChI is InChI=1S/C55H45N/c1-37-15-8-11-24-47(37)51-34-39-16-9-10-17-40(39)35-54(51)56(45-23-14-18-41(33-45)50-32-38-27-28-42(50)31-38)46-29-30-49-48-25-12-13-26-52(48)55(53(49)36-46,43-19-4-2-5-20-43)44-21-6-3-7-22-44/h2-26,29-30,33-36,38,42,50H,27-28,31-32H2,1H3. The van der Waals surface area contributed by atoms with Crippen molar-refractivity contribution in [3.63, 3.8) is 0 Å². The lowest BCUT2D eigenvalue weighted by atomic mass is 9.67. The third kappa shape index (κ3) is 5.14. The molecular formula is C55H45N. The van der Waals surface area contributed by atoms with Crippen LogP contribution in [0, 0.1) is 18.8 Å². The Balaban J connectivity index is 1.20. The van der Waals surface area contributed by atoms with Crippen LogP contribution < -0.4 is 4.90 Å². The molecule has 0 aromatic heterocycles. The molecule has 3 aliphatic carbocycles. The molecule has 1 nitrogen and oxygen atoms in total. The van der Waals surface area contributed by atoms with E-state index in [1.54, 1.807) is 0 Å². The molecule has 8 aromatic carbocycles. The van der Waals surface area contributed by atoms with E-state index in [9.17, 15) is 0 Å². The van der Waals surface area contributed by atoms with Crippen molar-refractivity contribution in [2.24, 2.45) is 11.8 Å². The molecule has 3 aliphatic rings. The van der Waals surface area contributed by atoms with E-state index in [2.05, 4.69) is 200 Å². The number of nitrogens with zero attached hydrogens (tertiary/aromatic N) is 1. The normalized spacial score (nSPS) is 18.8. The summed E-state index contributed by atoms with van der Waals surface area (Å²) < 4.78 is 0. The predicted molar refractivity (Wildman–Crippen MR) is 234 cm³/mol. The third-order valence-electron chi connectivity index (χ3n) is 13.5. The second-order valence-corrected chi connectivity index (χ2v) is 16.5. The van der Waals surface area contributed by atoms with Gasteiger partial charge in [0.25, 0.3) is 0 Å². The van der Waals surface area contributed by atoms with Crippen molar-refractivity contribution in [2.45, 2.75) is 43.9 Å². The van der Waals surface area contributed by atoms with Crippen LogP contribution in [0.5, 0.6) is 0 Å². The zero-order chi connectivity index (χ0) is 37.2. The molecule has 0 aliphatic heterocycles. The number of hydrogen-bond donors (Lipinski definition) is 0. The first-order chi connectivity index (χ1) is 27.7. The van der Waals surface area contributed by atoms with E-state index in [1.807, 2.05) is 0 Å². The van der Waals surface area contributed by atoms with Crippen LogP contribution in [0.15, 0.2) is 188 Å². The fourth-order valence-corrected chi connectivity index (χ4v) is 11.1. The van der Waals surface area contributed by atoms with Crippen molar-refractivity contribution in [2.75, 3.05) is 4.90 Å². The minimum Gasteiger partial charge on any atom is -0.310 e. The van der Waals surface area contributed by atoms with Gasteiger partial charge in [-0.25, -0.2) is 0 Å². The molecule has 0 radical (unpaired) electrons. The lowest BCUT2D eigenvalue weighted by molar-refractivity contribution is 0.420. The maximum Gasteiger partial charge on any atom is 0.0714 e. The van der Waals surface area contributed by atoms with Crippen LogP contribution in [-0.2, 0) is 5.41 Å². The molecule has 8 aromatic rings. The van der Waals surface area contributed by atoms with Gasteiger partial charge in [-0.2, -0.15) is 0 Å². The molecule has 3 atom stereocenters. The highest BCUT2D eigenvalue weighted by Crippen LogP contribution is 2.58. The van der Waals surface area contributed by atoms with E-state index >= 15 is 0 Å².